The van der Waals surface area contributed by atoms with Gasteiger partial charge >= 0.3 is 0 Å². The van der Waals surface area contributed by atoms with Gasteiger partial charge in [0.2, 0.25) is 0 Å². The zero-order valence-electron chi connectivity index (χ0n) is 8.69. The summed E-state index contributed by atoms with van der Waals surface area (Å²) >= 11 is 0. The van der Waals surface area contributed by atoms with E-state index < -0.39 is 0 Å². The minimum Gasteiger partial charge on any atom is -0.508 e. The molecule has 3 heteroatoms. The molecule has 0 amide bonds. The summed E-state index contributed by atoms with van der Waals surface area (Å²) in [6.45, 7) is 1.85. The maximum Gasteiger partial charge on any atom is 0.120 e. The van der Waals surface area contributed by atoms with Crippen LogP contribution < -0.4 is 10.6 Å². The molecule has 0 spiro atoms. The monoisotopic (exact) mass is 204 g/mol. The molecule has 0 aromatic heterocycles. The van der Waals surface area contributed by atoms with Crippen LogP contribution in [0.2, 0.25) is 0 Å². The molecule has 2 aliphatic rings. The fourth-order valence-electron chi connectivity index (χ4n) is 3.02. The Labute approximate surface area is 89.5 Å². The van der Waals surface area contributed by atoms with Crippen molar-refractivity contribution >= 4 is 5.69 Å². The molecule has 3 N–H and O–H groups in total. The smallest absolute Gasteiger partial charge is 0.120 e. The van der Waals surface area contributed by atoms with Crippen molar-refractivity contribution in [3.63, 3.8) is 0 Å². The molecule has 0 radical (unpaired) electrons. The highest BCUT2D eigenvalue weighted by atomic mass is 16.3. The Morgan fingerprint density at radius 3 is 3.13 bits per heavy atom. The summed E-state index contributed by atoms with van der Waals surface area (Å²) in [6, 6.07) is 6.33. The molecular weight excluding hydrogens is 188 g/mol. The molecule has 3 nitrogen and oxygen atoms in total. The Balaban J connectivity index is 2.01. The lowest BCUT2D eigenvalue weighted by Crippen LogP contribution is -2.32. The highest BCUT2D eigenvalue weighted by molar-refractivity contribution is 5.65. The average molecular weight is 204 g/mol. The number of nitrogens with two attached hydrogens (primary N) is 1. The largest absolute Gasteiger partial charge is 0.508 e. The van der Waals surface area contributed by atoms with Gasteiger partial charge < -0.3 is 15.7 Å². The first-order valence-electron chi connectivity index (χ1n) is 5.59. The summed E-state index contributed by atoms with van der Waals surface area (Å²) in [7, 11) is 0. The van der Waals surface area contributed by atoms with E-state index in [2.05, 4.69) is 11.0 Å². The Bertz CT molecular complexity index is 391. The van der Waals surface area contributed by atoms with Gasteiger partial charge in [0.1, 0.15) is 5.75 Å². The van der Waals surface area contributed by atoms with Crippen LogP contribution in [0.1, 0.15) is 12.0 Å². The van der Waals surface area contributed by atoms with Crippen molar-refractivity contribution in [2.75, 3.05) is 18.0 Å². The van der Waals surface area contributed by atoms with Gasteiger partial charge in [-0.3, -0.25) is 0 Å². The summed E-state index contributed by atoms with van der Waals surface area (Å²) in [4.78, 5) is 2.41. The minimum absolute atomic E-state index is 0.442. The first-order chi connectivity index (χ1) is 7.31. The van der Waals surface area contributed by atoms with Crippen molar-refractivity contribution in [2.45, 2.75) is 18.9 Å². The van der Waals surface area contributed by atoms with Crippen molar-refractivity contribution in [3.8, 4) is 5.75 Å². The van der Waals surface area contributed by atoms with Crippen molar-refractivity contribution < 1.29 is 5.11 Å². The summed E-state index contributed by atoms with van der Waals surface area (Å²) in [6.07, 6.45) is 2.15. The Hall–Kier alpha value is -1.22. The average Bonchev–Trinajstić information content (AvgIpc) is 2.77. The highest BCUT2D eigenvalue weighted by Gasteiger charge is 2.40. The molecule has 15 heavy (non-hydrogen) atoms. The molecule has 2 heterocycles. The van der Waals surface area contributed by atoms with Gasteiger partial charge in [0.25, 0.3) is 0 Å². The molecule has 1 aromatic rings. The highest BCUT2D eigenvalue weighted by Crippen LogP contribution is 2.43. The third-order valence-corrected chi connectivity index (χ3v) is 3.84. The quantitative estimate of drug-likeness (QED) is 0.720. The third-order valence-electron chi connectivity index (χ3n) is 3.84. The molecular formula is C12H16N2O. The number of nitrogens with zero attached hydrogens (tertiary/aromatic N) is 1. The van der Waals surface area contributed by atoms with Crippen molar-refractivity contribution in [1.29, 1.82) is 0 Å². The third kappa shape index (κ3) is 1.16. The molecule has 0 aliphatic carbocycles. The van der Waals surface area contributed by atoms with E-state index in [4.69, 9.17) is 5.73 Å². The normalized spacial score (nSPS) is 27.9. The summed E-state index contributed by atoms with van der Waals surface area (Å²) in [5.41, 5.74) is 8.10. The van der Waals surface area contributed by atoms with Crippen LogP contribution in [0.25, 0.3) is 0 Å². The lowest BCUT2D eigenvalue weighted by atomic mass is 9.96. The Morgan fingerprint density at radius 2 is 2.33 bits per heavy atom. The molecule has 1 aromatic carbocycles. The van der Waals surface area contributed by atoms with E-state index in [1.54, 1.807) is 6.07 Å². The predicted molar refractivity (Wildman–Crippen MR) is 60.1 cm³/mol. The number of benzene rings is 1. The first-order valence-corrected chi connectivity index (χ1v) is 5.59. The van der Waals surface area contributed by atoms with E-state index >= 15 is 0 Å². The fraction of sp³-hybridized carbons (Fsp3) is 0.500. The van der Waals surface area contributed by atoms with Gasteiger partial charge in [-0.25, -0.2) is 0 Å². The maximum atomic E-state index is 9.79. The molecule has 2 atom stereocenters. The van der Waals surface area contributed by atoms with E-state index in [1.807, 2.05) is 6.07 Å². The number of anilines is 1. The zero-order valence-corrected chi connectivity index (χ0v) is 8.69. The summed E-state index contributed by atoms with van der Waals surface area (Å²) in [5.74, 6) is 1.04. The van der Waals surface area contributed by atoms with Gasteiger partial charge in [-0.1, -0.05) is 6.07 Å². The number of fused-ring (bicyclic) bond motifs is 3. The molecule has 80 valence electrons. The Kier molecular flexibility index (Phi) is 1.89. The molecule has 1 saturated heterocycles. The molecule has 2 unspecified atom stereocenters. The second-order valence-electron chi connectivity index (χ2n) is 4.52. The van der Waals surface area contributed by atoms with Crippen molar-refractivity contribution in [3.05, 3.63) is 23.8 Å². The van der Waals surface area contributed by atoms with Gasteiger partial charge in [-0.05, 0) is 37.4 Å². The van der Waals surface area contributed by atoms with Gasteiger partial charge in [0, 0.05) is 23.8 Å². The van der Waals surface area contributed by atoms with Gasteiger partial charge in [0.05, 0.1) is 0 Å². The van der Waals surface area contributed by atoms with E-state index in [0.717, 1.165) is 25.1 Å². The molecule has 2 aliphatic heterocycles. The van der Waals surface area contributed by atoms with E-state index in [0.29, 0.717) is 17.7 Å². The number of phenolic OH excluding ortho intramolecular Hbond substituents is 1. The van der Waals surface area contributed by atoms with E-state index in [9.17, 15) is 5.11 Å². The first kappa shape index (κ1) is 9.04. The predicted octanol–water partition coefficient (Wildman–Crippen LogP) is 1.10. The second-order valence-corrected chi connectivity index (χ2v) is 4.52. The fourth-order valence-corrected chi connectivity index (χ4v) is 3.02. The lowest BCUT2D eigenvalue weighted by molar-refractivity contribution is 0.457. The van der Waals surface area contributed by atoms with Crippen LogP contribution in [0.15, 0.2) is 18.2 Å². The molecule has 0 bridgehead atoms. The molecule has 1 fully saturated rings. The summed E-state index contributed by atoms with van der Waals surface area (Å²) in [5, 5.41) is 9.79. The lowest BCUT2D eigenvalue weighted by Gasteiger charge is -2.21. The molecule has 3 rings (SSSR count). The SMILES string of the molecule is NCC1CCN2c3cccc(O)c3CC12. The van der Waals surface area contributed by atoms with Crippen LogP contribution >= 0.6 is 0 Å². The standard InChI is InChI=1S/C12H16N2O/c13-7-8-4-5-14-10-2-1-3-12(15)9(10)6-11(8)14/h1-3,8,11,15H,4-7,13H2. The van der Waals surface area contributed by atoms with E-state index in [1.165, 1.54) is 12.1 Å². The van der Waals surface area contributed by atoms with Crippen LogP contribution in [-0.4, -0.2) is 24.2 Å². The van der Waals surface area contributed by atoms with E-state index in [-0.39, 0.29) is 0 Å². The molecule has 0 saturated carbocycles. The minimum atomic E-state index is 0.442. The van der Waals surface area contributed by atoms with Gasteiger partial charge in [0.15, 0.2) is 0 Å². The van der Waals surface area contributed by atoms with Gasteiger partial charge in [-0.15, -0.1) is 0 Å². The van der Waals surface area contributed by atoms with Crippen LogP contribution in [0.4, 0.5) is 5.69 Å². The number of aromatic hydroxyl groups is 1. The number of phenols is 1. The number of hydrogen-bond donors (Lipinski definition) is 2. The van der Waals surface area contributed by atoms with Crippen molar-refractivity contribution in [2.24, 2.45) is 11.7 Å². The van der Waals surface area contributed by atoms with Crippen LogP contribution in [0.3, 0.4) is 0 Å². The summed E-state index contributed by atoms with van der Waals surface area (Å²) < 4.78 is 0. The van der Waals surface area contributed by atoms with Crippen molar-refractivity contribution in [1.82, 2.24) is 0 Å². The Morgan fingerprint density at radius 1 is 1.47 bits per heavy atom. The van der Waals surface area contributed by atoms with Crippen LogP contribution in [0.5, 0.6) is 5.75 Å². The topological polar surface area (TPSA) is 49.5 Å². The zero-order chi connectivity index (χ0) is 10.4. The van der Waals surface area contributed by atoms with Gasteiger partial charge in [-0.2, -0.15) is 0 Å². The second kappa shape index (κ2) is 3.14. The van der Waals surface area contributed by atoms with Crippen LogP contribution in [-0.2, 0) is 6.42 Å². The number of rotatable bonds is 1. The maximum absolute atomic E-state index is 9.79. The van der Waals surface area contributed by atoms with Crippen LogP contribution in [0, 0.1) is 5.92 Å². The number of hydrogen-bond acceptors (Lipinski definition) is 3.